The molecular weight excluding hydrogens is 378 g/mol. The summed E-state index contributed by atoms with van der Waals surface area (Å²) in [5, 5.41) is 15.8. The maximum atomic E-state index is 13.2. The zero-order valence-corrected chi connectivity index (χ0v) is 17.3. The van der Waals surface area contributed by atoms with E-state index in [4.69, 9.17) is 4.74 Å². The average molecular weight is 406 g/mol. The van der Waals surface area contributed by atoms with Crippen molar-refractivity contribution >= 4 is 10.0 Å². The van der Waals surface area contributed by atoms with Crippen molar-refractivity contribution in [3.05, 3.63) is 41.7 Å². The Bertz CT molecular complexity index is 987. The van der Waals surface area contributed by atoms with Crippen LogP contribution in [0.15, 0.2) is 35.4 Å². The van der Waals surface area contributed by atoms with Gasteiger partial charge in [0.2, 0.25) is 10.0 Å². The van der Waals surface area contributed by atoms with Crippen LogP contribution in [0, 0.1) is 18.8 Å². The van der Waals surface area contributed by atoms with E-state index in [-0.39, 0.29) is 16.7 Å². The van der Waals surface area contributed by atoms with E-state index in [0.29, 0.717) is 31.0 Å². The molecule has 1 aliphatic carbocycles. The zero-order valence-electron chi connectivity index (χ0n) is 16.5. The largest absolute Gasteiger partial charge is 0.497 e. The number of methoxy groups -OCH3 is 1. The fraction of sp³-hybridized carbons (Fsp3) is 0.550. The van der Waals surface area contributed by atoms with E-state index in [1.807, 2.05) is 24.3 Å². The van der Waals surface area contributed by atoms with Gasteiger partial charge in [0.1, 0.15) is 10.6 Å². The van der Waals surface area contributed by atoms with Gasteiger partial charge in [-0.2, -0.15) is 9.40 Å². The highest BCUT2D eigenvalue weighted by Gasteiger charge is 2.52. The number of hydrogen-bond donors (Lipinski definition) is 1. The molecule has 2 aromatic rings. The number of aryl methyl sites for hydroxylation is 2. The molecule has 0 bridgehead atoms. The van der Waals surface area contributed by atoms with Gasteiger partial charge < -0.3 is 9.84 Å². The molecule has 0 radical (unpaired) electrons. The number of aliphatic hydroxyl groups is 1. The number of benzene rings is 1. The molecule has 7 nitrogen and oxygen atoms in total. The highest BCUT2D eigenvalue weighted by molar-refractivity contribution is 7.89. The maximum Gasteiger partial charge on any atom is 0.246 e. The summed E-state index contributed by atoms with van der Waals surface area (Å²) in [5.41, 5.74) is 0.255. The first-order valence-electron chi connectivity index (χ1n) is 9.63. The molecule has 0 unspecified atom stereocenters. The lowest BCUT2D eigenvalue weighted by Gasteiger charge is -2.41. The van der Waals surface area contributed by atoms with Crippen molar-refractivity contribution in [3.8, 4) is 5.75 Å². The molecule has 2 heterocycles. The number of fused-ring (bicyclic) bond motifs is 1. The van der Waals surface area contributed by atoms with E-state index in [1.54, 1.807) is 27.3 Å². The normalized spacial score (nSPS) is 28.3. The summed E-state index contributed by atoms with van der Waals surface area (Å²) in [5.74, 6) is 0.693. The van der Waals surface area contributed by atoms with Gasteiger partial charge in [-0.05, 0) is 49.8 Å². The Morgan fingerprint density at radius 1 is 1.32 bits per heavy atom. The van der Waals surface area contributed by atoms with Crippen LogP contribution in [0.2, 0.25) is 0 Å². The molecule has 0 amide bonds. The second-order valence-corrected chi connectivity index (χ2v) is 9.90. The quantitative estimate of drug-likeness (QED) is 0.842. The predicted molar refractivity (Wildman–Crippen MR) is 104 cm³/mol. The topological polar surface area (TPSA) is 84.7 Å². The van der Waals surface area contributed by atoms with Gasteiger partial charge >= 0.3 is 0 Å². The number of ether oxygens (including phenoxy) is 1. The first-order chi connectivity index (χ1) is 13.3. The monoisotopic (exact) mass is 405 g/mol. The summed E-state index contributed by atoms with van der Waals surface area (Å²) in [6, 6.07) is 7.50. The second-order valence-electron chi connectivity index (χ2n) is 7.99. The maximum absolute atomic E-state index is 13.2. The van der Waals surface area contributed by atoms with Gasteiger partial charge in [0.05, 0.1) is 18.4 Å². The van der Waals surface area contributed by atoms with Crippen LogP contribution in [0.4, 0.5) is 0 Å². The van der Waals surface area contributed by atoms with Crippen LogP contribution in [0.1, 0.15) is 30.5 Å². The number of hydrogen-bond acceptors (Lipinski definition) is 5. The first kappa shape index (κ1) is 19.4. The smallest absolute Gasteiger partial charge is 0.246 e. The third-order valence-electron chi connectivity index (χ3n) is 6.31. The molecular formula is C20H27N3O4S. The Balaban J connectivity index is 1.67. The number of rotatable bonds is 4. The molecule has 1 aromatic heterocycles. The van der Waals surface area contributed by atoms with Crippen molar-refractivity contribution in [3.63, 3.8) is 0 Å². The van der Waals surface area contributed by atoms with Crippen molar-refractivity contribution in [2.24, 2.45) is 18.9 Å². The molecule has 2 fully saturated rings. The molecule has 8 heteroatoms. The minimum absolute atomic E-state index is 0.136. The Morgan fingerprint density at radius 2 is 2.11 bits per heavy atom. The summed E-state index contributed by atoms with van der Waals surface area (Å²) in [7, 11) is -0.314. The van der Waals surface area contributed by atoms with Crippen molar-refractivity contribution in [1.82, 2.24) is 14.1 Å². The van der Waals surface area contributed by atoms with Gasteiger partial charge in [-0.3, -0.25) is 4.68 Å². The van der Waals surface area contributed by atoms with E-state index in [0.717, 1.165) is 18.4 Å². The molecule has 152 valence electrons. The fourth-order valence-electron chi connectivity index (χ4n) is 4.90. The zero-order chi connectivity index (χ0) is 20.1. The summed E-state index contributed by atoms with van der Waals surface area (Å²) in [6.45, 7) is 2.46. The summed E-state index contributed by atoms with van der Waals surface area (Å²) < 4.78 is 34.8. The van der Waals surface area contributed by atoms with Crippen molar-refractivity contribution in [2.45, 2.75) is 36.7 Å². The molecule has 1 saturated heterocycles. The van der Waals surface area contributed by atoms with Crippen LogP contribution in [-0.2, 0) is 22.7 Å². The number of sulfonamides is 1. The highest BCUT2D eigenvalue weighted by Crippen LogP contribution is 2.49. The molecule has 1 aliphatic heterocycles. The van der Waals surface area contributed by atoms with Crippen LogP contribution < -0.4 is 4.74 Å². The molecule has 1 aromatic carbocycles. The summed E-state index contributed by atoms with van der Waals surface area (Å²) in [4.78, 5) is 0.249. The molecule has 1 saturated carbocycles. The lowest BCUT2D eigenvalue weighted by molar-refractivity contribution is -0.0641. The van der Waals surface area contributed by atoms with Crippen LogP contribution in [0.25, 0.3) is 0 Å². The molecule has 2 aliphatic rings. The Labute approximate surface area is 166 Å². The molecule has 4 rings (SSSR count). The minimum atomic E-state index is -3.64. The average Bonchev–Trinajstić information content (AvgIpc) is 3.26. The minimum Gasteiger partial charge on any atom is -0.497 e. The standard InChI is InChI=1S/C20H27N3O4S/c1-14-19(13-22(2)21-14)28(25,26)23-11-15-6-5-9-20(24,18(15)12-23)16-7-4-8-17(10-16)27-3/h4,7-8,10,13,15,18,24H,5-6,9,11-12H2,1-3H3/t15-,18+,20-/m1/s1. The highest BCUT2D eigenvalue weighted by atomic mass is 32.2. The van der Waals surface area contributed by atoms with Gasteiger partial charge in [-0.1, -0.05) is 12.1 Å². The SMILES string of the molecule is COc1cccc([C@]2(O)CCC[C@@H]3CN(S(=O)(=O)c4cn(C)nc4C)C[C@@H]32)c1. The van der Waals surface area contributed by atoms with Gasteiger partial charge in [-0.15, -0.1) is 0 Å². The van der Waals surface area contributed by atoms with E-state index in [2.05, 4.69) is 5.10 Å². The summed E-state index contributed by atoms with van der Waals surface area (Å²) >= 11 is 0. The molecule has 0 spiro atoms. The predicted octanol–water partition coefficient (Wildman–Crippen LogP) is 2.05. The van der Waals surface area contributed by atoms with E-state index >= 15 is 0 Å². The van der Waals surface area contributed by atoms with E-state index < -0.39 is 15.6 Å². The van der Waals surface area contributed by atoms with Crippen LogP contribution in [0.3, 0.4) is 0 Å². The van der Waals surface area contributed by atoms with Crippen LogP contribution in [0.5, 0.6) is 5.75 Å². The molecule has 1 N–H and O–H groups in total. The van der Waals surface area contributed by atoms with Crippen LogP contribution >= 0.6 is 0 Å². The van der Waals surface area contributed by atoms with Gasteiger partial charge in [0.25, 0.3) is 0 Å². The Morgan fingerprint density at radius 3 is 2.79 bits per heavy atom. The number of aromatic nitrogens is 2. The first-order valence-corrected chi connectivity index (χ1v) is 11.1. The molecule has 28 heavy (non-hydrogen) atoms. The van der Waals surface area contributed by atoms with Crippen molar-refractivity contribution in [2.75, 3.05) is 20.2 Å². The third-order valence-corrected chi connectivity index (χ3v) is 8.24. The Kier molecular flexibility index (Phi) is 4.76. The lowest BCUT2D eigenvalue weighted by atomic mass is 9.67. The fourth-order valence-corrected chi connectivity index (χ4v) is 6.62. The molecule has 3 atom stereocenters. The van der Waals surface area contributed by atoms with Crippen molar-refractivity contribution < 1.29 is 18.3 Å². The van der Waals surface area contributed by atoms with Gasteiger partial charge in [-0.25, -0.2) is 8.42 Å². The van der Waals surface area contributed by atoms with E-state index in [1.165, 1.54) is 8.99 Å². The van der Waals surface area contributed by atoms with Gasteiger partial charge in [0, 0.05) is 32.3 Å². The van der Waals surface area contributed by atoms with Crippen LogP contribution in [-0.4, -0.2) is 47.8 Å². The third kappa shape index (κ3) is 3.03. The number of nitrogens with zero attached hydrogens (tertiary/aromatic N) is 3. The van der Waals surface area contributed by atoms with Crippen molar-refractivity contribution in [1.29, 1.82) is 0 Å². The lowest BCUT2D eigenvalue weighted by Crippen LogP contribution is -2.43. The van der Waals surface area contributed by atoms with Gasteiger partial charge in [0.15, 0.2) is 0 Å². The summed E-state index contributed by atoms with van der Waals surface area (Å²) in [6.07, 6.45) is 3.98. The second kappa shape index (κ2) is 6.86. The Hall–Kier alpha value is -1.90. The van der Waals surface area contributed by atoms with E-state index in [9.17, 15) is 13.5 Å².